The van der Waals surface area contributed by atoms with Crippen molar-refractivity contribution in [3.05, 3.63) is 11.9 Å². The Hall–Kier alpha value is -1.43. The van der Waals surface area contributed by atoms with Crippen LogP contribution in [-0.4, -0.2) is 40.3 Å². The van der Waals surface area contributed by atoms with E-state index in [9.17, 15) is 4.79 Å². The normalized spacial score (nSPS) is 30.7. The first kappa shape index (κ1) is 17.4. The number of carbonyl (C=O) groups is 1. The number of rotatable bonds is 5. The van der Waals surface area contributed by atoms with Crippen molar-refractivity contribution in [3.63, 3.8) is 0 Å². The molecule has 2 aliphatic rings. The highest BCUT2D eigenvalue weighted by molar-refractivity contribution is 5.86. The summed E-state index contributed by atoms with van der Waals surface area (Å²) in [5.41, 5.74) is 0.314. The van der Waals surface area contributed by atoms with Gasteiger partial charge in [0, 0.05) is 19.1 Å². The van der Waals surface area contributed by atoms with Crippen molar-refractivity contribution in [2.75, 3.05) is 13.2 Å². The molecule has 1 saturated heterocycles. The van der Waals surface area contributed by atoms with Crippen molar-refractivity contribution in [1.82, 2.24) is 15.0 Å². The SMILES string of the molecule is CC(C)[C@H]1CC[C@@H](C)C[C@@H]1OC(=O)c1cn(CC2CCOC2)nn1. The van der Waals surface area contributed by atoms with Crippen LogP contribution >= 0.6 is 0 Å². The smallest absolute Gasteiger partial charge is 0.360 e. The minimum absolute atomic E-state index is 0.00497. The fourth-order valence-corrected chi connectivity index (χ4v) is 3.92. The van der Waals surface area contributed by atoms with Gasteiger partial charge in [0.15, 0.2) is 5.69 Å². The summed E-state index contributed by atoms with van der Waals surface area (Å²) >= 11 is 0. The molecule has 0 bridgehead atoms. The topological polar surface area (TPSA) is 66.2 Å². The Morgan fingerprint density at radius 1 is 1.42 bits per heavy atom. The summed E-state index contributed by atoms with van der Waals surface area (Å²) in [7, 11) is 0. The van der Waals surface area contributed by atoms with E-state index in [1.807, 2.05) is 0 Å². The molecule has 6 heteroatoms. The number of esters is 1. The van der Waals surface area contributed by atoms with E-state index >= 15 is 0 Å². The molecule has 0 radical (unpaired) electrons. The van der Waals surface area contributed by atoms with Crippen LogP contribution < -0.4 is 0 Å². The third-order valence-electron chi connectivity index (χ3n) is 5.44. The van der Waals surface area contributed by atoms with Gasteiger partial charge >= 0.3 is 5.97 Å². The van der Waals surface area contributed by atoms with Gasteiger partial charge < -0.3 is 9.47 Å². The Labute approximate surface area is 143 Å². The maximum atomic E-state index is 12.5. The first-order valence-corrected chi connectivity index (χ1v) is 9.21. The molecule has 1 aromatic rings. The summed E-state index contributed by atoms with van der Waals surface area (Å²) < 4.78 is 12.9. The van der Waals surface area contributed by atoms with Crippen LogP contribution in [0.15, 0.2) is 6.20 Å². The molecule has 4 atom stereocenters. The average molecular weight is 335 g/mol. The van der Waals surface area contributed by atoms with E-state index in [4.69, 9.17) is 9.47 Å². The standard InChI is InChI=1S/C18H29N3O3/c1-12(2)15-5-4-13(3)8-17(15)24-18(22)16-10-21(20-19-16)9-14-6-7-23-11-14/h10,12-15,17H,4-9,11H2,1-3H3/t13-,14?,15-,17+/m1/s1. The van der Waals surface area contributed by atoms with Crippen molar-refractivity contribution in [1.29, 1.82) is 0 Å². The van der Waals surface area contributed by atoms with E-state index in [-0.39, 0.29) is 12.1 Å². The summed E-state index contributed by atoms with van der Waals surface area (Å²) in [6.45, 7) is 8.97. The minimum Gasteiger partial charge on any atom is -0.457 e. The van der Waals surface area contributed by atoms with E-state index in [1.165, 1.54) is 6.42 Å². The monoisotopic (exact) mass is 335 g/mol. The molecule has 6 nitrogen and oxygen atoms in total. The van der Waals surface area contributed by atoms with Crippen molar-refractivity contribution in [2.45, 2.75) is 59.1 Å². The lowest BCUT2D eigenvalue weighted by molar-refractivity contribution is -0.0179. The molecule has 0 spiro atoms. The quantitative estimate of drug-likeness (QED) is 0.774. The van der Waals surface area contributed by atoms with Gasteiger partial charge in [-0.15, -0.1) is 5.10 Å². The Morgan fingerprint density at radius 3 is 2.96 bits per heavy atom. The summed E-state index contributed by atoms with van der Waals surface area (Å²) in [4.78, 5) is 12.5. The van der Waals surface area contributed by atoms with Crippen LogP contribution in [0.4, 0.5) is 0 Å². The van der Waals surface area contributed by atoms with Crippen LogP contribution in [-0.2, 0) is 16.0 Å². The van der Waals surface area contributed by atoms with E-state index in [2.05, 4.69) is 31.1 Å². The number of hydrogen-bond donors (Lipinski definition) is 0. The number of ether oxygens (including phenoxy) is 2. The third-order valence-corrected chi connectivity index (χ3v) is 5.44. The number of aromatic nitrogens is 3. The summed E-state index contributed by atoms with van der Waals surface area (Å²) in [6.07, 6.45) is 6.03. The van der Waals surface area contributed by atoms with E-state index < -0.39 is 0 Å². The molecular weight excluding hydrogens is 306 g/mol. The predicted octanol–water partition coefficient (Wildman–Crippen LogP) is 2.93. The Bertz CT molecular complexity index is 551. The molecule has 2 fully saturated rings. The lowest BCUT2D eigenvalue weighted by atomic mass is 9.75. The van der Waals surface area contributed by atoms with Gasteiger partial charge in [-0.25, -0.2) is 4.79 Å². The van der Waals surface area contributed by atoms with Gasteiger partial charge in [-0.1, -0.05) is 32.4 Å². The molecule has 1 unspecified atom stereocenters. The van der Waals surface area contributed by atoms with Gasteiger partial charge in [0.2, 0.25) is 0 Å². The van der Waals surface area contributed by atoms with Gasteiger partial charge in [-0.3, -0.25) is 4.68 Å². The van der Waals surface area contributed by atoms with Gasteiger partial charge in [0.1, 0.15) is 6.10 Å². The fraction of sp³-hybridized carbons (Fsp3) is 0.833. The van der Waals surface area contributed by atoms with E-state index in [0.29, 0.717) is 29.4 Å². The maximum absolute atomic E-state index is 12.5. The lowest BCUT2D eigenvalue weighted by Crippen LogP contribution is -2.36. The highest BCUT2D eigenvalue weighted by Gasteiger charge is 2.34. The van der Waals surface area contributed by atoms with Crippen molar-refractivity contribution >= 4 is 5.97 Å². The molecule has 3 rings (SSSR count). The highest BCUT2D eigenvalue weighted by atomic mass is 16.5. The van der Waals surface area contributed by atoms with Crippen molar-refractivity contribution in [2.24, 2.45) is 23.7 Å². The Kier molecular flexibility index (Phi) is 5.54. The third kappa shape index (κ3) is 4.15. The second kappa shape index (κ2) is 7.64. The minimum atomic E-state index is -0.339. The first-order valence-electron chi connectivity index (χ1n) is 9.21. The Balaban J connectivity index is 1.60. The zero-order chi connectivity index (χ0) is 17.1. The molecule has 1 aliphatic carbocycles. The predicted molar refractivity (Wildman–Crippen MR) is 89.5 cm³/mol. The molecule has 134 valence electrons. The van der Waals surface area contributed by atoms with Crippen LogP contribution in [0.25, 0.3) is 0 Å². The van der Waals surface area contributed by atoms with Crippen LogP contribution in [0.3, 0.4) is 0 Å². The summed E-state index contributed by atoms with van der Waals surface area (Å²) in [5.74, 6) is 1.69. The molecular formula is C18H29N3O3. The number of nitrogens with zero attached hydrogens (tertiary/aromatic N) is 3. The molecule has 1 aliphatic heterocycles. The number of hydrogen-bond acceptors (Lipinski definition) is 5. The van der Waals surface area contributed by atoms with Gasteiger partial charge in [0.05, 0.1) is 12.8 Å². The van der Waals surface area contributed by atoms with Crippen LogP contribution in [0.1, 0.15) is 56.9 Å². The van der Waals surface area contributed by atoms with Crippen molar-refractivity contribution < 1.29 is 14.3 Å². The zero-order valence-corrected chi connectivity index (χ0v) is 15.0. The average Bonchev–Trinajstić information content (AvgIpc) is 3.19. The van der Waals surface area contributed by atoms with Gasteiger partial charge in [0.25, 0.3) is 0 Å². The van der Waals surface area contributed by atoms with E-state index in [1.54, 1.807) is 10.9 Å². The Morgan fingerprint density at radius 2 is 2.25 bits per heavy atom. The fourth-order valence-electron chi connectivity index (χ4n) is 3.92. The van der Waals surface area contributed by atoms with Crippen molar-refractivity contribution in [3.8, 4) is 0 Å². The molecule has 0 aromatic carbocycles. The van der Waals surface area contributed by atoms with Crippen LogP contribution in [0.2, 0.25) is 0 Å². The molecule has 1 aromatic heterocycles. The van der Waals surface area contributed by atoms with E-state index in [0.717, 1.165) is 39.0 Å². The highest BCUT2D eigenvalue weighted by Crippen LogP contribution is 2.35. The second-order valence-electron chi connectivity index (χ2n) is 7.83. The van der Waals surface area contributed by atoms with Crippen LogP contribution in [0.5, 0.6) is 0 Å². The van der Waals surface area contributed by atoms with Crippen LogP contribution in [0, 0.1) is 23.7 Å². The second-order valence-corrected chi connectivity index (χ2v) is 7.83. The number of carbonyl (C=O) groups excluding carboxylic acids is 1. The molecule has 24 heavy (non-hydrogen) atoms. The molecule has 0 amide bonds. The first-order chi connectivity index (χ1) is 11.5. The summed E-state index contributed by atoms with van der Waals surface area (Å²) in [6, 6.07) is 0. The lowest BCUT2D eigenvalue weighted by Gasteiger charge is -2.36. The zero-order valence-electron chi connectivity index (χ0n) is 15.0. The summed E-state index contributed by atoms with van der Waals surface area (Å²) in [5, 5.41) is 8.08. The molecule has 2 heterocycles. The van der Waals surface area contributed by atoms with Gasteiger partial charge in [-0.2, -0.15) is 0 Å². The van der Waals surface area contributed by atoms with Gasteiger partial charge in [-0.05, 0) is 37.0 Å². The molecule has 1 saturated carbocycles. The molecule has 0 N–H and O–H groups in total. The maximum Gasteiger partial charge on any atom is 0.360 e. The largest absolute Gasteiger partial charge is 0.457 e.